The van der Waals surface area contributed by atoms with Crippen molar-refractivity contribution in [2.45, 2.75) is 38.3 Å². The Kier molecular flexibility index (Phi) is 2.76. The predicted molar refractivity (Wildman–Crippen MR) is 80.4 cm³/mol. The molecule has 3 saturated heterocycles. The van der Waals surface area contributed by atoms with Gasteiger partial charge in [-0.2, -0.15) is 0 Å². The number of anilines is 1. The van der Waals surface area contributed by atoms with Gasteiger partial charge in [-0.3, -0.25) is 0 Å². The van der Waals surface area contributed by atoms with Crippen LogP contribution in [0, 0.1) is 11.8 Å². The first-order valence-corrected chi connectivity index (χ1v) is 8.19. The quantitative estimate of drug-likeness (QED) is 0.866. The fraction of sp³-hybridized carbons (Fsp3) is 0.588. The smallest absolute Gasteiger partial charge is 0.321 e. The number of rotatable bonds is 1. The van der Waals surface area contributed by atoms with Crippen molar-refractivity contribution in [3.63, 3.8) is 0 Å². The highest BCUT2D eigenvalue weighted by Gasteiger charge is 2.53. The van der Waals surface area contributed by atoms with Gasteiger partial charge in [0.25, 0.3) is 0 Å². The van der Waals surface area contributed by atoms with Gasteiger partial charge in [0.2, 0.25) is 0 Å². The number of nitrogens with zero attached hydrogens (tertiary/aromatic N) is 1. The van der Waals surface area contributed by atoms with Gasteiger partial charge in [-0.05, 0) is 36.1 Å². The molecule has 0 spiro atoms. The molecule has 5 rings (SSSR count). The monoisotopic (exact) mass is 300 g/mol. The van der Waals surface area contributed by atoms with E-state index < -0.39 is 0 Å². The largest absolute Gasteiger partial charge is 0.374 e. The topological polar surface area (TPSA) is 50.8 Å². The van der Waals surface area contributed by atoms with Crippen molar-refractivity contribution in [3.8, 4) is 0 Å². The normalized spacial score (nSPS) is 34.8. The van der Waals surface area contributed by atoms with Crippen LogP contribution in [0.1, 0.15) is 24.0 Å². The minimum atomic E-state index is 0.0210. The number of urea groups is 1. The lowest BCUT2D eigenvalue weighted by Gasteiger charge is -2.19. The molecule has 4 atom stereocenters. The highest BCUT2D eigenvalue weighted by Crippen LogP contribution is 2.47. The Morgan fingerprint density at radius 1 is 1.09 bits per heavy atom. The van der Waals surface area contributed by atoms with Gasteiger partial charge in [-0.15, -0.1) is 0 Å². The maximum Gasteiger partial charge on any atom is 0.321 e. The van der Waals surface area contributed by atoms with Gasteiger partial charge >= 0.3 is 6.03 Å². The minimum Gasteiger partial charge on any atom is -0.374 e. The number of carbonyl (C=O) groups is 1. The molecule has 2 bridgehead atoms. The number of ether oxygens (including phenoxy) is 2. The van der Waals surface area contributed by atoms with E-state index in [1.165, 1.54) is 24.0 Å². The first-order chi connectivity index (χ1) is 10.8. The van der Waals surface area contributed by atoms with Crippen molar-refractivity contribution in [1.29, 1.82) is 0 Å². The molecule has 22 heavy (non-hydrogen) atoms. The molecule has 116 valence electrons. The minimum absolute atomic E-state index is 0.0210. The van der Waals surface area contributed by atoms with Gasteiger partial charge < -0.3 is 19.7 Å². The number of hydrogen-bond acceptors (Lipinski definition) is 3. The Morgan fingerprint density at radius 3 is 2.59 bits per heavy atom. The lowest BCUT2D eigenvalue weighted by molar-refractivity contribution is 0.0747. The molecular formula is C17H20N2O3. The van der Waals surface area contributed by atoms with E-state index >= 15 is 0 Å². The lowest BCUT2D eigenvalue weighted by atomic mass is 9.82. The van der Waals surface area contributed by atoms with Crippen molar-refractivity contribution >= 4 is 11.7 Å². The maximum atomic E-state index is 12.5. The molecule has 4 aliphatic rings. The molecule has 4 aliphatic heterocycles. The fourth-order valence-corrected chi connectivity index (χ4v) is 4.58. The summed E-state index contributed by atoms with van der Waals surface area (Å²) >= 11 is 0. The zero-order valence-corrected chi connectivity index (χ0v) is 12.5. The van der Waals surface area contributed by atoms with Gasteiger partial charge in [0.15, 0.2) is 0 Å². The molecule has 3 fully saturated rings. The van der Waals surface area contributed by atoms with Crippen molar-refractivity contribution in [3.05, 3.63) is 29.3 Å². The molecule has 0 aromatic heterocycles. The molecule has 5 heteroatoms. The molecule has 1 aromatic carbocycles. The number of carbonyl (C=O) groups excluding carboxylic acids is 1. The van der Waals surface area contributed by atoms with Crippen molar-refractivity contribution in [2.75, 3.05) is 18.4 Å². The summed E-state index contributed by atoms with van der Waals surface area (Å²) in [4.78, 5) is 14.5. The Bertz CT molecular complexity index is 614. The van der Waals surface area contributed by atoms with Gasteiger partial charge in [-0.1, -0.05) is 6.07 Å². The molecule has 1 N–H and O–H groups in total. The SMILES string of the molecule is O=C(Nc1ccc2c(c1)COC2)N1C[C@@H]2[C@H](C1)[C@H]1CC[C@@H]2O1. The Morgan fingerprint density at radius 2 is 1.82 bits per heavy atom. The molecule has 0 saturated carbocycles. The van der Waals surface area contributed by atoms with E-state index in [4.69, 9.17) is 9.47 Å². The molecule has 4 heterocycles. The van der Waals surface area contributed by atoms with Crippen LogP contribution in [0.2, 0.25) is 0 Å². The lowest BCUT2D eigenvalue weighted by Crippen LogP contribution is -2.35. The van der Waals surface area contributed by atoms with Crippen LogP contribution in [0.25, 0.3) is 0 Å². The van der Waals surface area contributed by atoms with Crippen molar-refractivity contribution < 1.29 is 14.3 Å². The molecule has 1 aromatic rings. The second kappa shape index (κ2) is 4.70. The van der Waals surface area contributed by atoms with Gasteiger partial charge in [0, 0.05) is 30.6 Å². The standard InChI is InChI=1S/C17H20N2O3/c20-17(18-12-2-1-10-8-21-9-11(10)5-12)19-6-13-14(7-19)16-4-3-15(13)22-16/h1-2,5,13-16H,3-4,6-9H2,(H,18,20)/t13-,14+,15+,16-. The number of hydrogen-bond donors (Lipinski definition) is 1. The average Bonchev–Trinajstić information content (AvgIpc) is 3.27. The highest BCUT2D eigenvalue weighted by atomic mass is 16.5. The summed E-state index contributed by atoms with van der Waals surface area (Å²) < 4.78 is 11.4. The van der Waals surface area contributed by atoms with Gasteiger partial charge in [0.1, 0.15) is 0 Å². The first kappa shape index (κ1) is 12.9. The second-order valence-electron chi connectivity index (χ2n) is 6.93. The Hall–Kier alpha value is -1.59. The third kappa shape index (κ3) is 1.88. The molecule has 2 amide bonds. The molecule has 0 unspecified atom stereocenters. The van der Waals surface area contributed by atoms with E-state index in [0.717, 1.165) is 18.8 Å². The van der Waals surface area contributed by atoms with Gasteiger partial charge in [0.05, 0.1) is 25.4 Å². The van der Waals surface area contributed by atoms with E-state index in [0.29, 0.717) is 37.3 Å². The zero-order valence-electron chi connectivity index (χ0n) is 12.5. The van der Waals surface area contributed by atoms with E-state index in [-0.39, 0.29) is 6.03 Å². The summed E-state index contributed by atoms with van der Waals surface area (Å²) in [7, 11) is 0. The second-order valence-corrected chi connectivity index (χ2v) is 6.93. The molecular weight excluding hydrogens is 280 g/mol. The van der Waals surface area contributed by atoms with E-state index in [2.05, 4.69) is 5.32 Å². The predicted octanol–water partition coefficient (Wildman–Crippen LogP) is 2.36. The van der Waals surface area contributed by atoms with Crippen LogP contribution in [0.4, 0.5) is 10.5 Å². The number of fused-ring (bicyclic) bond motifs is 6. The summed E-state index contributed by atoms with van der Waals surface area (Å²) in [6.07, 6.45) is 3.13. The number of amides is 2. The highest BCUT2D eigenvalue weighted by molar-refractivity contribution is 5.89. The van der Waals surface area contributed by atoms with E-state index in [9.17, 15) is 4.79 Å². The maximum absolute atomic E-state index is 12.5. The summed E-state index contributed by atoms with van der Waals surface area (Å²) in [6.45, 7) is 3.01. The number of nitrogens with one attached hydrogen (secondary N) is 1. The van der Waals surface area contributed by atoms with E-state index in [1.807, 2.05) is 23.1 Å². The van der Waals surface area contributed by atoms with Crippen molar-refractivity contribution in [2.24, 2.45) is 11.8 Å². The summed E-state index contributed by atoms with van der Waals surface area (Å²) in [5.74, 6) is 1.11. The third-order valence-corrected chi connectivity index (χ3v) is 5.71. The van der Waals surface area contributed by atoms with Crippen LogP contribution in [-0.2, 0) is 22.7 Å². The zero-order chi connectivity index (χ0) is 14.7. The van der Waals surface area contributed by atoms with Crippen molar-refractivity contribution in [1.82, 2.24) is 4.90 Å². The van der Waals surface area contributed by atoms with Crippen LogP contribution in [0.15, 0.2) is 18.2 Å². The number of benzene rings is 1. The van der Waals surface area contributed by atoms with Crippen LogP contribution >= 0.6 is 0 Å². The summed E-state index contributed by atoms with van der Waals surface area (Å²) in [6, 6.07) is 6.07. The fourth-order valence-electron chi connectivity index (χ4n) is 4.58. The van der Waals surface area contributed by atoms with Gasteiger partial charge in [-0.25, -0.2) is 4.79 Å². The average molecular weight is 300 g/mol. The third-order valence-electron chi connectivity index (χ3n) is 5.71. The Labute approximate surface area is 129 Å². The molecule has 0 aliphatic carbocycles. The first-order valence-electron chi connectivity index (χ1n) is 8.19. The van der Waals surface area contributed by atoms with Crippen LogP contribution in [0.5, 0.6) is 0 Å². The number of likely N-dealkylation sites (tertiary alicyclic amines) is 1. The van der Waals surface area contributed by atoms with Crippen LogP contribution < -0.4 is 5.32 Å². The summed E-state index contributed by atoms with van der Waals surface area (Å²) in [5.41, 5.74) is 3.27. The van der Waals surface area contributed by atoms with E-state index in [1.54, 1.807) is 0 Å². The molecule has 0 radical (unpaired) electrons. The Balaban J connectivity index is 1.28. The van der Waals surface area contributed by atoms with Crippen LogP contribution in [0.3, 0.4) is 0 Å². The van der Waals surface area contributed by atoms with Crippen LogP contribution in [-0.4, -0.2) is 36.2 Å². The summed E-state index contributed by atoms with van der Waals surface area (Å²) in [5, 5.41) is 3.04. The molecule has 5 nitrogen and oxygen atoms in total.